The first kappa shape index (κ1) is 12.8. The fourth-order valence-corrected chi connectivity index (χ4v) is 3.24. The van der Waals surface area contributed by atoms with Crippen molar-refractivity contribution in [3.8, 4) is 11.5 Å². The van der Waals surface area contributed by atoms with Gasteiger partial charge in [0.05, 0.1) is 5.03 Å². The molecule has 0 bridgehead atoms. The quantitative estimate of drug-likeness (QED) is 0.786. The van der Waals surface area contributed by atoms with Gasteiger partial charge in [0.25, 0.3) is 0 Å². The van der Waals surface area contributed by atoms with Gasteiger partial charge >= 0.3 is 0 Å². The molecule has 19 heavy (non-hydrogen) atoms. The standard InChI is InChI=1S/C14H12BrNO2S/c1-9-2-3-14(16-6-9)19-7-10-4-12-13(5-11(10)15)18-8-17-12/h2-6H,7-8H2,1H3. The molecule has 0 fully saturated rings. The molecule has 0 unspecified atom stereocenters. The second-order valence-corrected chi connectivity index (χ2v) is 6.11. The molecule has 0 saturated carbocycles. The summed E-state index contributed by atoms with van der Waals surface area (Å²) in [6.45, 7) is 2.34. The molecule has 3 nitrogen and oxygen atoms in total. The largest absolute Gasteiger partial charge is 0.454 e. The van der Waals surface area contributed by atoms with Gasteiger partial charge in [-0.05, 0) is 36.2 Å². The Bertz CT molecular complexity index is 601. The molecule has 0 saturated heterocycles. The van der Waals surface area contributed by atoms with E-state index in [-0.39, 0.29) is 0 Å². The fraction of sp³-hybridized carbons (Fsp3) is 0.214. The zero-order chi connectivity index (χ0) is 13.2. The number of aromatic nitrogens is 1. The summed E-state index contributed by atoms with van der Waals surface area (Å²) >= 11 is 5.27. The molecule has 1 aliphatic heterocycles. The molecule has 1 aliphatic rings. The van der Waals surface area contributed by atoms with Gasteiger partial charge in [-0.2, -0.15) is 0 Å². The van der Waals surface area contributed by atoms with Crippen LogP contribution in [0.25, 0.3) is 0 Å². The van der Waals surface area contributed by atoms with Crippen LogP contribution in [0.5, 0.6) is 11.5 Å². The highest BCUT2D eigenvalue weighted by Gasteiger charge is 2.16. The van der Waals surface area contributed by atoms with Crippen LogP contribution in [0.15, 0.2) is 40.0 Å². The summed E-state index contributed by atoms with van der Waals surface area (Å²) in [6.07, 6.45) is 1.89. The van der Waals surface area contributed by atoms with Crippen molar-refractivity contribution in [2.45, 2.75) is 17.7 Å². The number of aryl methyl sites for hydroxylation is 1. The Morgan fingerprint density at radius 3 is 2.79 bits per heavy atom. The minimum Gasteiger partial charge on any atom is -0.454 e. The maximum absolute atomic E-state index is 5.39. The minimum absolute atomic E-state index is 0.303. The van der Waals surface area contributed by atoms with Crippen LogP contribution in [0, 0.1) is 6.92 Å². The van der Waals surface area contributed by atoms with Gasteiger partial charge in [0.2, 0.25) is 6.79 Å². The van der Waals surface area contributed by atoms with Crippen molar-refractivity contribution in [1.29, 1.82) is 0 Å². The number of ether oxygens (including phenoxy) is 2. The monoisotopic (exact) mass is 337 g/mol. The number of pyridine rings is 1. The molecule has 98 valence electrons. The molecule has 1 aromatic carbocycles. The van der Waals surface area contributed by atoms with E-state index in [0.717, 1.165) is 26.8 Å². The lowest BCUT2D eigenvalue weighted by Gasteiger charge is -2.06. The first-order valence-electron chi connectivity index (χ1n) is 5.86. The summed E-state index contributed by atoms with van der Waals surface area (Å²) in [5, 5.41) is 1.02. The Hall–Kier alpha value is -1.20. The van der Waals surface area contributed by atoms with Crippen LogP contribution in [-0.4, -0.2) is 11.8 Å². The number of rotatable bonds is 3. The highest BCUT2D eigenvalue weighted by Crippen LogP contribution is 2.38. The van der Waals surface area contributed by atoms with Gasteiger partial charge in [-0.25, -0.2) is 4.98 Å². The second kappa shape index (κ2) is 5.43. The number of hydrogen-bond acceptors (Lipinski definition) is 4. The first-order valence-corrected chi connectivity index (χ1v) is 7.64. The molecule has 5 heteroatoms. The first-order chi connectivity index (χ1) is 9.22. The predicted molar refractivity (Wildman–Crippen MR) is 78.8 cm³/mol. The van der Waals surface area contributed by atoms with E-state index in [9.17, 15) is 0 Å². The molecule has 1 aromatic heterocycles. The normalized spacial score (nSPS) is 12.7. The summed E-state index contributed by atoms with van der Waals surface area (Å²) in [5.41, 5.74) is 2.35. The van der Waals surface area contributed by atoms with E-state index in [1.54, 1.807) is 11.8 Å². The number of benzene rings is 1. The van der Waals surface area contributed by atoms with Gasteiger partial charge in [0.1, 0.15) is 0 Å². The average molecular weight is 338 g/mol. The topological polar surface area (TPSA) is 31.4 Å². The number of fused-ring (bicyclic) bond motifs is 1. The maximum Gasteiger partial charge on any atom is 0.231 e. The lowest BCUT2D eigenvalue weighted by molar-refractivity contribution is 0.174. The molecule has 0 atom stereocenters. The van der Waals surface area contributed by atoms with Gasteiger partial charge < -0.3 is 9.47 Å². The average Bonchev–Trinajstić information content (AvgIpc) is 2.85. The number of nitrogens with zero attached hydrogens (tertiary/aromatic N) is 1. The van der Waals surface area contributed by atoms with Crippen LogP contribution in [0.4, 0.5) is 0 Å². The zero-order valence-corrected chi connectivity index (χ0v) is 12.8. The van der Waals surface area contributed by atoms with Crippen molar-refractivity contribution in [3.05, 3.63) is 46.1 Å². The van der Waals surface area contributed by atoms with Crippen LogP contribution in [-0.2, 0) is 5.75 Å². The Labute approximate surface area is 124 Å². The molecule has 0 spiro atoms. The van der Waals surface area contributed by atoms with Crippen molar-refractivity contribution >= 4 is 27.7 Å². The number of halogens is 1. The van der Waals surface area contributed by atoms with Gasteiger partial charge in [-0.3, -0.25) is 0 Å². The molecule has 0 N–H and O–H groups in total. The maximum atomic E-state index is 5.39. The Kier molecular flexibility index (Phi) is 3.66. The predicted octanol–water partition coefficient (Wildman–Crippen LogP) is 4.17. The van der Waals surface area contributed by atoms with E-state index in [1.165, 1.54) is 11.1 Å². The lowest BCUT2D eigenvalue weighted by atomic mass is 10.2. The van der Waals surface area contributed by atoms with Crippen LogP contribution in [0.2, 0.25) is 0 Å². The third kappa shape index (κ3) is 2.87. The SMILES string of the molecule is Cc1ccc(SCc2cc3c(cc2Br)OCO3)nc1. The second-order valence-electron chi connectivity index (χ2n) is 4.26. The highest BCUT2D eigenvalue weighted by atomic mass is 79.9. The Balaban J connectivity index is 1.75. The Morgan fingerprint density at radius 2 is 2.05 bits per heavy atom. The van der Waals surface area contributed by atoms with Gasteiger partial charge in [-0.1, -0.05) is 22.0 Å². The van der Waals surface area contributed by atoms with Crippen LogP contribution in [0.3, 0.4) is 0 Å². The fourth-order valence-electron chi connectivity index (χ4n) is 1.76. The zero-order valence-electron chi connectivity index (χ0n) is 10.4. The van der Waals surface area contributed by atoms with E-state index in [4.69, 9.17) is 9.47 Å². The molecule has 0 aliphatic carbocycles. The molecule has 0 amide bonds. The van der Waals surface area contributed by atoms with E-state index in [0.29, 0.717) is 6.79 Å². The molecule has 2 aromatic rings. The van der Waals surface area contributed by atoms with Gasteiger partial charge in [-0.15, -0.1) is 11.8 Å². The summed E-state index contributed by atoms with van der Waals surface area (Å²) in [7, 11) is 0. The molecular weight excluding hydrogens is 326 g/mol. The third-order valence-corrected chi connectivity index (χ3v) is 4.53. The third-order valence-electron chi connectivity index (χ3n) is 2.80. The molecular formula is C14H12BrNO2S. The van der Waals surface area contributed by atoms with E-state index >= 15 is 0 Å². The summed E-state index contributed by atoms with van der Waals surface area (Å²) in [4.78, 5) is 4.39. The van der Waals surface area contributed by atoms with E-state index in [2.05, 4.69) is 27.0 Å². The van der Waals surface area contributed by atoms with Crippen LogP contribution >= 0.6 is 27.7 Å². The molecule has 3 rings (SSSR count). The van der Waals surface area contributed by atoms with Gasteiger partial charge in [0.15, 0.2) is 11.5 Å². The summed E-state index contributed by atoms with van der Waals surface area (Å²) < 4.78 is 11.8. The smallest absolute Gasteiger partial charge is 0.231 e. The molecule has 0 radical (unpaired) electrons. The van der Waals surface area contributed by atoms with Crippen molar-refractivity contribution < 1.29 is 9.47 Å². The van der Waals surface area contributed by atoms with Crippen molar-refractivity contribution in [2.75, 3.05) is 6.79 Å². The van der Waals surface area contributed by atoms with Gasteiger partial charge in [0, 0.05) is 16.4 Å². The van der Waals surface area contributed by atoms with Crippen molar-refractivity contribution in [2.24, 2.45) is 0 Å². The van der Waals surface area contributed by atoms with E-state index in [1.807, 2.05) is 31.3 Å². The summed E-state index contributed by atoms with van der Waals surface area (Å²) in [6, 6.07) is 8.10. The van der Waals surface area contributed by atoms with E-state index < -0.39 is 0 Å². The number of hydrogen-bond donors (Lipinski definition) is 0. The van der Waals surface area contributed by atoms with Crippen LogP contribution in [0.1, 0.15) is 11.1 Å². The molecule has 2 heterocycles. The van der Waals surface area contributed by atoms with Crippen molar-refractivity contribution in [3.63, 3.8) is 0 Å². The highest BCUT2D eigenvalue weighted by molar-refractivity contribution is 9.10. The minimum atomic E-state index is 0.303. The van der Waals surface area contributed by atoms with Crippen molar-refractivity contribution in [1.82, 2.24) is 4.98 Å². The summed E-state index contributed by atoms with van der Waals surface area (Å²) in [5.74, 6) is 2.46. The lowest BCUT2D eigenvalue weighted by Crippen LogP contribution is -1.92. The van der Waals surface area contributed by atoms with Crippen LogP contribution < -0.4 is 9.47 Å². The number of thioether (sulfide) groups is 1. The Morgan fingerprint density at radius 1 is 1.26 bits per heavy atom.